The molecule has 0 heterocycles. The van der Waals surface area contributed by atoms with Crippen molar-refractivity contribution in [3.63, 3.8) is 0 Å². The highest BCUT2D eigenvalue weighted by Crippen LogP contribution is 2.07. The number of benzene rings is 2. The molecule has 0 saturated heterocycles. The van der Waals surface area contributed by atoms with E-state index in [9.17, 15) is 63.0 Å². The number of aliphatic carboxylic acids is 2. The van der Waals surface area contributed by atoms with Crippen LogP contribution in [-0.2, 0) is 65.6 Å². The van der Waals surface area contributed by atoms with Crippen LogP contribution in [0.2, 0.25) is 0 Å². The summed E-state index contributed by atoms with van der Waals surface area (Å²) in [4.78, 5) is 144. The van der Waals surface area contributed by atoms with Gasteiger partial charge in [-0.1, -0.05) is 60.7 Å². The number of carboxylic acids is 2. The molecular formula is C48H73N17O13. The van der Waals surface area contributed by atoms with Crippen LogP contribution in [0.1, 0.15) is 43.2 Å². The van der Waals surface area contributed by atoms with E-state index in [1.165, 1.54) is 9.80 Å². The molecule has 0 bridgehead atoms. The zero-order valence-electron chi connectivity index (χ0n) is 43.2. The van der Waals surface area contributed by atoms with Gasteiger partial charge in [0, 0.05) is 83.8 Å². The molecule has 0 saturated carbocycles. The molecule has 2 rings (SSSR count). The molecule has 20 N–H and O–H groups in total. The Kier molecular flexibility index (Phi) is 29.5. The van der Waals surface area contributed by atoms with E-state index in [1.807, 2.05) is 60.7 Å². The molecule has 78 heavy (non-hydrogen) atoms. The Hall–Kier alpha value is -8.93. The number of amides is 9. The lowest BCUT2D eigenvalue weighted by molar-refractivity contribution is -0.147. The van der Waals surface area contributed by atoms with Crippen molar-refractivity contribution in [2.75, 3.05) is 85.1 Å². The number of nitrogens with zero attached hydrogens (tertiary/aromatic N) is 4. The van der Waals surface area contributed by atoms with Crippen LogP contribution in [0.15, 0.2) is 60.7 Å². The number of rotatable bonds is 37. The second-order valence-corrected chi connectivity index (χ2v) is 17.8. The minimum absolute atomic E-state index is 0.00146. The lowest BCUT2D eigenvalue weighted by Crippen LogP contribution is -2.52. The normalized spacial score (nSPS) is 11.7. The third-order valence-corrected chi connectivity index (χ3v) is 11.1. The van der Waals surface area contributed by atoms with Gasteiger partial charge in [0.1, 0.15) is 18.9 Å². The van der Waals surface area contributed by atoms with E-state index in [2.05, 4.69) is 31.9 Å². The minimum atomic E-state index is -1.53. The molecule has 0 aliphatic rings. The molecule has 0 fully saturated rings. The van der Waals surface area contributed by atoms with E-state index in [4.69, 9.17) is 39.5 Å². The smallest absolute Gasteiger partial charge is 0.312 e. The number of carboxylic acid groups (broad SMARTS) is 2. The van der Waals surface area contributed by atoms with Crippen molar-refractivity contribution in [3.8, 4) is 0 Å². The fourth-order valence-electron chi connectivity index (χ4n) is 7.43. The molecule has 30 heteroatoms. The Morgan fingerprint density at radius 1 is 0.474 bits per heavy atom. The first-order valence-corrected chi connectivity index (χ1v) is 24.6. The first-order valence-electron chi connectivity index (χ1n) is 24.6. The highest BCUT2D eigenvalue weighted by molar-refractivity contribution is 5.97. The van der Waals surface area contributed by atoms with Gasteiger partial charge >= 0.3 is 11.9 Å². The fourth-order valence-corrected chi connectivity index (χ4v) is 7.43. The standard InChI is InChI=1S/C48H73N17O13/c49-33(21-31-7-3-1-4-8-31)25-64(40(70)12-15-59-47(52)53)28-37(67)57-17-19-62(42(72)23-44(74)75)27-36(66)56-14-11-35(46(51)78)61-39(69)30-63(43(73)24-45(76)77)20-18-58-38(68)29-65(41(71)13-16-60-48(54)55)26-34(50)22-32-9-5-2-6-10-32/h1-10,33-35H,11-30,49-50H2,(H2,51,78)(H,56,66)(H,57,67)(H,58,68)(H,61,69)(H,74,75)(H,76,77)(H4,52,53,59)(H4,54,55,60)/t33-,34-,35-/m0/s1. The third-order valence-electron chi connectivity index (χ3n) is 11.1. The lowest BCUT2D eigenvalue weighted by Gasteiger charge is -2.26. The molecule has 0 unspecified atom stereocenters. The van der Waals surface area contributed by atoms with Crippen molar-refractivity contribution in [2.45, 2.75) is 63.1 Å². The average molecular weight is 1100 g/mol. The van der Waals surface area contributed by atoms with Crippen molar-refractivity contribution >= 4 is 77.0 Å². The van der Waals surface area contributed by atoms with Gasteiger partial charge in [0.05, 0.1) is 26.2 Å². The molecular weight excluding hydrogens is 1020 g/mol. The summed E-state index contributed by atoms with van der Waals surface area (Å²) in [6.07, 6.45) is -1.92. The number of hydrogen-bond donors (Lipinski definition) is 15. The largest absolute Gasteiger partial charge is 0.481 e. The highest BCUT2D eigenvalue weighted by Gasteiger charge is 2.27. The Balaban J connectivity index is 2.02. The number of nitrogens with one attached hydrogen (secondary N) is 8. The van der Waals surface area contributed by atoms with E-state index < -0.39 is 129 Å². The van der Waals surface area contributed by atoms with Crippen molar-refractivity contribution < 1.29 is 63.0 Å². The van der Waals surface area contributed by atoms with E-state index in [0.717, 1.165) is 20.9 Å². The van der Waals surface area contributed by atoms with Crippen molar-refractivity contribution in [2.24, 2.45) is 28.7 Å². The number of primary amides is 1. The highest BCUT2D eigenvalue weighted by atomic mass is 16.4. The average Bonchev–Trinajstić information content (AvgIpc) is 3.34. The molecule has 0 radical (unpaired) electrons. The summed E-state index contributed by atoms with van der Waals surface area (Å²) in [7, 11) is 0. The van der Waals surface area contributed by atoms with Crippen LogP contribution in [0.5, 0.6) is 0 Å². The number of hydrogen-bond acceptors (Lipinski definition) is 15. The maximum absolute atomic E-state index is 13.2. The monoisotopic (exact) mass is 1100 g/mol. The van der Waals surface area contributed by atoms with Gasteiger partial charge in [-0.05, 0) is 30.4 Å². The minimum Gasteiger partial charge on any atom is -0.481 e. The van der Waals surface area contributed by atoms with Crippen LogP contribution in [0, 0.1) is 10.8 Å². The van der Waals surface area contributed by atoms with Crippen molar-refractivity contribution in [1.29, 1.82) is 10.8 Å². The van der Waals surface area contributed by atoms with E-state index in [-0.39, 0.29) is 83.5 Å². The number of carbonyl (C=O) groups excluding carboxylic acids is 9. The Morgan fingerprint density at radius 3 is 1.19 bits per heavy atom. The lowest BCUT2D eigenvalue weighted by atomic mass is 10.1. The predicted octanol–water partition coefficient (Wildman–Crippen LogP) is -6.15. The SMILES string of the molecule is N=C(N)NCCC(=O)N(CC(=O)NCCN(CC(=O)NCC[C@H](NC(=O)CN(CCNC(=O)CN(C[C@@H](N)Cc1ccccc1)C(=O)CCNC(=N)N)C(=O)CC(=O)O)C(N)=O)C(=O)CC(=O)O)C[C@@H](N)Cc1ccccc1. The zero-order valence-corrected chi connectivity index (χ0v) is 43.2. The summed E-state index contributed by atoms with van der Waals surface area (Å²) in [5.41, 5.74) is 30.6. The van der Waals surface area contributed by atoms with Crippen LogP contribution in [-0.4, -0.2) is 210 Å². The molecule has 9 amide bonds. The fraction of sp³-hybridized carbons (Fsp3) is 0.479. The van der Waals surface area contributed by atoms with Gasteiger partial charge in [-0.2, -0.15) is 0 Å². The number of nitrogens with two attached hydrogens (primary N) is 5. The van der Waals surface area contributed by atoms with Crippen LogP contribution in [0.3, 0.4) is 0 Å². The van der Waals surface area contributed by atoms with Crippen molar-refractivity contribution in [3.05, 3.63) is 71.8 Å². The van der Waals surface area contributed by atoms with Crippen LogP contribution >= 0.6 is 0 Å². The molecule has 0 aliphatic heterocycles. The van der Waals surface area contributed by atoms with Gasteiger partial charge in [0.2, 0.25) is 53.2 Å². The number of carbonyl (C=O) groups is 11. The molecule has 3 atom stereocenters. The second-order valence-electron chi connectivity index (χ2n) is 17.8. The van der Waals surface area contributed by atoms with Gasteiger partial charge in [0.25, 0.3) is 0 Å². The van der Waals surface area contributed by atoms with E-state index in [0.29, 0.717) is 12.8 Å². The summed E-state index contributed by atoms with van der Waals surface area (Å²) in [6.45, 7) is -4.25. The quantitative estimate of drug-likeness (QED) is 0.0170. The van der Waals surface area contributed by atoms with Crippen molar-refractivity contribution in [1.82, 2.24) is 51.5 Å². The summed E-state index contributed by atoms with van der Waals surface area (Å²) >= 11 is 0. The van der Waals surface area contributed by atoms with E-state index >= 15 is 0 Å². The van der Waals surface area contributed by atoms with Gasteiger partial charge in [-0.3, -0.25) is 63.6 Å². The third kappa shape index (κ3) is 28.7. The zero-order chi connectivity index (χ0) is 58.2. The van der Waals surface area contributed by atoms with E-state index in [1.54, 1.807) is 0 Å². The van der Waals surface area contributed by atoms with Gasteiger partial charge in [0.15, 0.2) is 11.9 Å². The second kappa shape index (κ2) is 35.4. The molecule has 428 valence electrons. The molecule has 30 nitrogen and oxygen atoms in total. The maximum Gasteiger partial charge on any atom is 0.312 e. The molecule has 0 spiro atoms. The Bertz CT molecular complexity index is 2380. The molecule has 2 aromatic rings. The van der Waals surface area contributed by atoms with Crippen LogP contribution < -0.4 is 60.6 Å². The summed E-state index contributed by atoms with van der Waals surface area (Å²) in [5.74, 6) is -11.0. The first-order chi connectivity index (χ1) is 36.9. The summed E-state index contributed by atoms with van der Waals surface area (Å²) in [5, 5.41) is 48.1. The Labute approximate surface area is 449 Å². The van der Waals surface area contributed by atoms with Crippen LogP contribution in [0.25, 0.3) is 0 Å². The van der Waals surface area contributed by atoms with Crippen LogP contribution in [0.4, 0.5) is 0 Å². The maximum atomic E-state index is 13.2. The Morgan fingerprint density at radius 2 is 0.833 bits per heavy atom. The molecule has 0 aliphatic carbocycles. The molecule has 2 aromatic carbocycles. The topological polar surface area (TPSA) is 491 Å². The summed E-state index contributed by atoms with van der Waals surface area (Å²) in [6, 6.07) is 15.7. The molecule has 0 aromatic heterocycles. The van der Waals surface area contributed by atoms with Gasteiger partial charge < -0.3 is 90.4 Å². The predicted molar refractivity (Wildman–Crippen MR) is 281 cm³/mol. The van der Waals surface area contributed by atoms with Gasteiger partial charge in [-0.25, -0.2) is 0 Å². The number of guanidine groups is 2. The first kappa shape index (κ1) is 65.2. The summed E-state index contributed by atoms with van der Waals surface area (Å²) < 4.78 is 0. The van der Waals surface area contributed by atoms with Gasteiger partial charge in [-0.15, -0.1) is 0 Å².